The summed E-state index contributed by atoms with van der Waals surface area (Å²) in [5.41, 5.74) is 0.278. The van der Waals surface area contributed by atoms with Crippen molar-refractivity contribution < 1.29 is 4.74 Å². The van der Waals surface area contributed by atoms with E-state index in [1.54, 1.807) is 0 Å². The second kappa shape index (κ2) is 6.71. The number of hydrogen-bond donors (Lipinski definition) is 0. The van der Waals surface area contributed by atoms with Crippen LogP contribution in [0.2, 0.25) is 0 Å². The first-order valence-electron chi connectivity index (χ1n) is 7.63. The molecule has 3 heteroatoms. The first kappa shape index (κ1) is 14.8. The highest BCUT2D eigenvalue weighted by atomic mass is 79.9. The molecule has 1 saturated heterocycles. The standard InChI is InChI=1S/C15H28BrNO/c1-13(2)17(11-10-16)12-14-6-9-15(18-14)7-4-3-5-8-15/h13-14H,3-12H2,1-2H3. The Kier molecular flexibility index (Phi) is 5.52. The Hall–Kier alpha value is 0.400. The molecule has 0 bridgehead atoms. The molecule has 2 fully saturated rings. The molecule has 0 N–H and O–H groups in total. The van der Waals surface area contributed by atoms with Crippen LogP contribution in [0, 0.1) is 0 Å². The van der Waals surface area contributed by atoms with Gasteiger partial charge in [-0.3, -0.25) is 4.90 Å². The van der Waals surface area contributed by atoms with E-state index in [-0.39, 0.29) is 5.60 Å². The second-order valence-electron chi connectivity index (χ2n) is 6.30. The Bertz CT molecular complexity index is 251. The molecule has 1 spiro atoms. The fraction of sp³-hybridized carbons (Fsp3) is 1.00. The van der Waals surface area contributed by atoms with E-state index in [0.717, 1.165) is 18.4 Å². The quantitative estimate of drug-likeness (QED) is 0.711. The average Bonchev–Trinajstić information content (AvgIpc) is 2.72. The van der Waals surface area contributed by atoms with Crippen molar-refractivity contribution in [2.45, 2.75) is 76.5 Å². The molecule has 1 unspecified atom stereocenters. The highest BCUT2D eigenvalue weighted by Crippen LogP contribution is 2.42. The molecular formula is C15H28BrNO. The summed E-state index contributed by atoms with van der Waals surface area (Å²) in [6, 6.07) is 0.619. The first-order chi connectivity index (χ1) is 8.65. The minimum absolute atomic E-state index is 0.278. The Morgan fingerprint density at radius 3 is 2.56 bits per heavy atom. The van der Waals surface area contributed by atoms with E-state index in [1.807, 2.05) is 0 Å². The largest absolute Gasteiger partial charge is 0.370 e. The van der Waals surface area contributed by atoms with Crippen molar-refractivity contribution in [1.29, 1.82) is 0 Å². The van der Waals surface area contributed by atoms with E-state index >= 15 is 0 Å². The van der Waals surface area contributed by atoms with Crippen LogP contribution in [0.4, 0.5) is 0 Å². The van der Waals surface area contributed by atoms with Crippen LogP contribution < -0.4 is 0 Å². The minimum Gasteiger partial charge on any atom is -0.370 e. The number of hydrogen-bond acceptors (Lipinski definition) is 2. The van der Waals surface area contributed by atoms with E-state index < -0.39 is 0 Å². The first-order valence-corrected chi connectivity index (χ1v) is 8.75. The van der Waals surface area contributed by atoms with Gasteiger partial charge in [-0.25, -0.2) is 0 Å². The molecule has 0 aromatic heterocycles. The van der Waals surface area contributed by atoms with Gasteiger partial charge in [0.2, 0.25) is 0 Å². The maximum Gasteiger partial charge on any atom is 0.0710 e. The fourth-order valence-electron chi connectivity index (χ4n) is 3.52. The summed E-state index contributed by atoms with van der Waals surface area (Å²) < 4.78 is 6.46. The zero-order valence-corrected chi connectivity index (χ0v) is 13.5. The summed E-state index contributed by atoms with van der Waals surface area (Å²) in [6.45, 7) is 6.82. The van der Waals surface area contributed by atoms with Crippen LogP contribution >= 0.6 is 15.9 Å². The highest BCUT2D eigenvalue weighted by molar-refractivity contribution is 9.09. The maximum atomic E-state index is 6.46. The van der Waals surface area contributed by atoms with Crippen molar-refractivity contribution in [2.75, 3.05) is 18.4 Å². The van der Waals surface area contributed by atoms with E-state index in [0.29, 0.717) is 12.1 Å². The van der Waals surface area contributed by atoms with Crippen LogP contribution in [0.3, 0.4) is 0 Å². The van der Waals surface area contributed by atoms with Gasteiger partial charge in [0.05, 0.1) is 11.7 Å². The van der Waals surface area contributed by atoms with E-state index in [2.05, 4.69) is 34.7 Å². The van der Waals surface area contributed by atoms with Crippen LogP contribution in [0.5, 0.6) is 0 Å². The minimum atomic E-state index is 0.278. The zero-order chi connectivity index (χ0) is 13.0. The third-order valence-corrected chi connectivity index (χ3v) is 5.00. The van der Waals surface area contributed by atoms with Crippen LogP contribution in [0.1, 0.15) is 58.8 Å². The molecule has 106 valence electrons. The molecular weight excluding hydrogens is 290 g/mol. The van der Waals surface area contributed by atoms with Gasteiger partial charge in [-0.05, 0) is 39.5 Å². The smallest absolute Gasteiger partial charge is 0.0710 e. The molecule has 2 rings (SSSR count). The molecule has 18 heavy (non-hydrogen) atoms. The predicted octanol–water partition coefficient (Wildman–Crippen LogP) is 3.97. The molecule has 0 aromatic carbocycles. The van der Waals surface area contributed by atoms with Gasteiger partial charge in [-0.15, -0.1) is 0 Å². The zero-order valence-electron chi connectivity index (χ0n) is 12.0. The SMILES string of the molecule is CC(C)N(CCBr)CC1CCC2(CCCCC2)O1. The van der Waals surface area contributed by atoms with Crippen molar-refractivity contribution >= 4 is 15.9 Å². The Morgan fingerprint density at radius 1 is 1.22 bits per heavy atom. The maximum absolute atomic E-state index is 6.46. The highest BCUT2D eigenvalue weighted by Gasteiger charge is 2.41. The molecule has 2 aliphatic rings. The van der Waals surface area contributed by atoms with Gasteiger partial charge in [0.25, 0.3) is 0 Å². The van der Waals surface area contributed by atoms with E-state index in [1.165, 1.54) is 44.9 Å². The summed E-state index contributed by atoms with van der Waals surface area (Å²) in [6.07, 6.45) is 9.84. The van der Waals surface area contributed by atoms with Gasteiger partial charge in [0.15, 0.2) is 0 Å². The third kappa shape index (κ3) is 3.71. The third-order valence-electron chi connectivity index (χ3n) is 4.64. The van der Waals surface area contributed by atoms with Crippen molar-refractivity contribution in [1.82, 2.24) is 4.90 Å². The Morgan fingerprint density at radius 2 is 1.94 bits per heavy atom. The lowest BCUT2D eigenvalue weighted by molar-refractivity contribution is -0.0733. The predicted molar refractivity (Wildman–Crippen MR) is 80.4 cm³/mol. The van der Waals surface area contributed by atoms with Gasteiger partial charge in [0.1, 0.15) is 0 Å². The molecule has 1 heterocycles. The van der Waals surface area contributed by atoms with Gasteiger partial charge < -0.3 is 4.74 Å². The number of ether oxygens (including phenoxy) is 1. The van der Waals surface area contributed by atoms with Crippen molar-refractivity contribution in [3.05, 3.63) is 0 Å². The normalized spacial score (nSPS) is 27.5. The number of nitrogens with zero attached hydrogens (tertiary/aromatic N) is 1. The summed E-state index contributed by atoms with van der Waals surface area (Å²) in [5.74, 6) is 0. The fourth-order valence-corrected chi connectivity index (χ4v) is 3.97. The number of rotatable bonds is 5. The summed E-state index contributed by atoms with van der Waals surface area (Å²) >= 11 is 3.56. The van der Waals surface area contributed by atoms with Crippen LogP contribution in [-0.4, -0.2) is 41.1 Å². The van der Waals surface area contributed by atoms with Crippen LogP contribution in [0.15, 0.2) is 0 Å². The number of alkyl halides is 1. The molecule has 1 aliphatic heterocycles. The monoisotopic (exact) mass is 317 g/mol. The lowest BCUT2D eigenvalue weighted by Crippen LogP contribution is -2.40. The Labute approximate surface area is 121 Å². The van der Waals surface area contributed by atoms with Crippen molar-refractivity contribution in [3.8, 4) is 0 Å². The van der Waals surface area contributed by atoms with Gasteiger partial charge in [-0.1, -0.05) is 35.2 Å². The molecule has 0 aromatic rings. The molecule has 0 radical (unpaired) electrons. The van der Waals surface area contributed by atoms with Gasteiger partial charge in [-0.2, -0.15) is 0 Å². The molecule has 2 nitrogen and oxygen atoms in total. The van der Waals surface area contributed by atoms with Crippen molar-refractivity contribution in [3.63, 3.8) is 0 Å². The molecule has 1 aliphatic carbocycles. The van der Waals surface area contributed by atoms with Crippen LogP contribution in [-0.2, 0) is 4.74 Å². The molecule has 1 atom stereocenters. The van der Waals surface area contributed by atoms with Crippen molar-refractivity contribution in [2.24, 2.45) is 0 Å². The Balaban J connectivity index is 1.84. The molecule has 0 amide bonds. The topological polar surface area (TPSA) is 12.5 Å². The van der Waals surface area contributed by atoms with Crippen LogP contribution in [0.25, 0.3) is 0 Å². The summed E-state index contributed by atoms with van der Waals surface area (Å²) in [5, 5.41) is 1.06. The lowest BCUT2D eigenvalue weighted by Gasteiger charge is -2.35. The van der Waals surface area contributed by atoms with E-state index in [4.69, 9.17) is 4.74 Å². The van der Waals surface area contributed by atoms with E-state index in [9.17, 15) is 0 Å². The summed E-state index contributed by atoms with van der Waals surface area (Å²) in [7, 11) is 0. The second-order valence-corrected chi connectivity index (χ2v) is 7.09. The lowest BCUT2D eigenvalue weighted by atomic mass is 9.83. The number of halogens is 1. The summed E-state index contributed by atoms with van der Waals surface area (Å²) in [4.78, 5) is 2.54. The van der Waals surface area contributed by atoms with Gasteiger partial charge in [0, 0.05) is 24.5 Å². The molecule has 1 saturated carbocycles. The average molecular weight is 318 g/mol. The van der Waals surface area contributed by atoms with Gasteiger partial charge >= 0.3 is 0 Å².